The minimum absolute atomic E-state index is 0.0603. The van der Waals surface area contributed by atoms with Crippen LogP contribution in [-0.2, 0) is 32.6 Å². The van der Waals surface area contributed by atoms with Gasteiger partial charge in [0.05, 0.1) is 11.9 Å². The molecular formula is C31H35Br2N3O4S. The second-order valence-corrected chi connectivity index (χ2v) is 14.1. The summed E-state index contributed by atoms with van der Waals surface area (Å²) in [7, 11) is -3.83. The van der Waals surface area contributed by atoms with Gasteiger partial charge in [0.15, 0.2) is 0 Å². The van der Waals surface area contributed by atoms with Gasteiger partial charge in [0, 0.05) is 28.0 Å². The molecule has 1 aliphatic rings. The second kappa shape index (κ2) is 14.5. The Morgan fingerprint density at radius 2 is 1.56 bits per heavy atom. The number of benzene rings is 3. The number of hydrogen-bond acceptors (Lipinski definition) is 4. The standard InChI is InChI=1S/C31H35Br2N3O4S/c1-41(39,40)36(28-18-9-8-17-27(28)33)22-30(37)35(21-24-13-10-14-25(32)19-24)29(20-23-11-4-2-5-12-23)31(38)34-26-15-6-3-7-16-26/h2,4-5,8-14,17-19,26,29H,3,6-7,15-16,20-22H2,1H3,(H,34,38)/t29-/m0/s1. The van der Waals surface area contributed by atoms with Crippen LogP contribution in [0.1, 0.15) is 43.2 Å². The van der Waals surface area contributed by atoms with Crippen LogP contribution in [0.15, 0.2) is 87.8 Å². The maximum atomic E-state index is 14.2. The molecule has 0 spiro atoms. The molecule has 0 heterocycles. The van der Waals surface area contributed by atoms with Crippen molar-refractivity contribution >= 4 is 59.4 Å². The van der Waals surface area contributed by atoms with Crippen molar-refractivity contribution in [3.8, 4) is 0 Å². The molecule has 218 valence electrons. The Labute approximate surface area is 259 Å². The molecule has 0 bridgehead atoms. The molecule has 0 aromatic heterocycles. The van der Waals surface area contributed by atoms with Gasteiger partial charge in [0.25, 0.3) is 0 Å². The molecular weight excluding hydrogens is 670 g/mol. The van der Waals surface area contributed by atoms with Gasteiger partial charge in [0.1, 0.15) is 12.6 Å². The lowest BCUT2D eigenvalue weighted by atomic mass is 9.94. The number of carbonyl (C=O) groups is 2. The number of halogens is 2. The highest BCUT2D eigenvalue weighted by Crippen LogP contribution is 2.28. The van der Waals surface area contributed by atoms with Gasteiger partial charge in [-0.25, -0.2) is 8.42 Å². The fourth-order valence-corrected chi connectivity index (χ4v) is 7.10. The minimum Gasteiger partial charge on any atom is -0.352 e. The average molecular weight is 706 g/mol. The predicted molar refractivity (Wildman–Crippen MR) is 170 cm³/mol. The summed E-state index contributed by atoms with van der Waals surface area (Å²) >= 11 is 6.93. The SMILES string of the molecule is CS(=O)(=O)N(CC(=O)N(Cc1cccc(Br)c1)[C@@H](Cc1ccccc1)C(=O)NC1CCCCC1)c1ccccc1Br. The van der Waals surface area contributed by atoms with Crippen LogP contribution in [0.25, 0.3) is 0 Å². The Hall–Kier alpha value is -2.69. The number of amides is 2. The lowest BCUT2D eigenvalue weighted by Crippen LogP contribution is -2.55. The number of anilines is 1. The molecule has 1 fully saturated rings. The Kier molecular flexibility index (Phi) is 11.0. The van der Waals surface area contributed by atoms with Gasteiger partial charge in [0.2, 0.25) is 21.8 Å². The van der Waals surface area contributed by atoms with Gasteiger partial charge in [-0.15, -0.1) is 0 Å². The summed E-state index contributed by atoms with van der Waals surface area (Å²) in [6.07, 6.45) is 6.47. The summed E-state index contributed by atoms with van der Waals surface area (Å²) in [6, 6.07) is 23.3. The molecule has 1 aliphatic carbocycles. The maximum Gasteiger partial charge on any atom is 0.244 e. The number of hydrogen-bond donors (Lipinski definition) is 1. The van der Waals surface area contributed by atoms with Gasteiger partial charge in [-0.2, -0.15) is 0 Å². The third-order valence-corrected chi connectivity index (χ3v) is 9.56. The van der Waals surface area contributed by atoms with Crippen molar-refractivity contribution in [2.24, 2.45) is 0 Å². The van der Waals surface area contributed by atoms with E-state index >= 15 is 0 Å². The topological polar surface area (TPSA) is 86.8 Å². The van der Waals surface area contributed by atoms with Crippen LogP contribution >= 0.6 is 31.9 Å². The van der Waals surface area contributed by atoms with E-state index in [0.29, 0.717) is 16.6 Å². The van der Waals surface area contributed by atoms with Crippen molar-refractivity contribution in [3.63, 3.8) is 0 Å². The summed E-state index contributed by atoms with van der Waals surface area (Å²) in [6.45, 7) is -0.307. The smallest absolute Gasteiger partial charge is 0.244 e. The molecule has 10 heteroatoms. The highest BCUT2D eigenvalue weighted by atomic mass is 79.9. The summed E-state index contributed by atoms with van der Waals surface area (Å²) in [5.41, 5.74) is 2.09. The summed E-state index contributed by atoms with van der Waals surface area (Å²) in [5.74, 6) is -0.693. The molecule has 3 aromatic rings. The monoisotopic (exact) mass is 703 g/mol. The predicted octanol–water partition coefficient (Wildman–Crippen LogP) is 6.07. The number of sulfonamides is 1. The van der Waals surface area contributed by atoms with Crippen molar-refractivity contribution in [2.75, 3.05) is 17.1 Å². The molecule has 41 heavy (non-hydrogen) atoms. The molecule has 1 N–H and O–H groups in total. The summed E-state index contributed by atoms with van der Waals surface area (Å²) < 4.78 is 28.4. The summed E-state index contributed by atoms with van der Waals surface area (Å²) in [4.78, 5) is 29.7. The van der Waals surface area contributed by atoms with Gasteiger partial charge in [-0.1, -0.05) is 89.8 Å². The zero-order valence-corrected chi connectivity index (χ0v) is 27.0. The molecule has 0 aliphatic heterocycles. The van der Waals surface area contributed by atoms with E-state index in [4.69, 9.17) is 0 Å². The highest BCUT2D eigenvalue weighted by Gasteiger charge is 2.34. The van der Waals surface area contributed by atoms with E-state index in [2.05, 4.69) is 37.2 Å². The van der Waals surface area contributed by atoms with E-state index in [1.807, 2.05) is 54.6 Å². The molecule has 0 radical (unpaired) electrons. The van der Waals surface area contributed by atoms with Gasteiger partial charge in [-0.05, 0) is 64.2 Å². The van der Waals surface area contributed by atoms with Crippen molar-refractivity contribution in [2.45, 2.75) is 57.2 Å². The van der Waals surface area contributed by atoms with E-state index in [0.717, 1.165) is 58.3 Å². The van der Waals surface area contributed by atoms with Crippen LogP contribution in [0.3, 0.4) is 0 Å². The van der Waals surface area contributed by atoms with Crippen LogP contribution in [0, 0.1) is 0 Å². The Morgan fingerprint density at radius 1 is 0.902 bits per heavy atom. The number of para-hydroxylation sites is 1. The van der Waals surface area contributed by atoms with Crippen molar-refractivity contribution in [1.29, 1.82) is 0 Å². The number of nitrogens with one attached hydrogen (secondary N) is 1. The molecule has 7 nitrogen and oxygen atoms in total. The van der Waals surface area contributed by atoms with Gasteiger partial charge < -0.3 is 10.2 Å². The highest BCUT2D eigenvalue weighted by molar-refractivity contribution is 9.10. The fraction of sp³-hybridized carbons (Fsp3) is 0.355. The van der Waals surface area contributed by atoms with E-state index in [9.17, 15) is 18.0 Å². The first-order valence-corrected chi connectivity index (χ1v) is 17.2. The third kappa shape index (κ3) is 8.90. The van der Waals surface area contributed by atoms with Crippen LogP contribution in [0.4, 0.5) is 5.69 Å². The largest absolute Gasteiger partial charge is 0.352 e. The molecule has 2 amide bonds. The molecule has 0 unspecified atom stereocenters. The lowest BCUT2D eigenvalue weighted by molar-refractivity contribution is -0.140. The second-order valence-electron chi connectivity index (χ2n) is 10.4. The Bertz CT molecular complexity index is 1450. The molecule has 1 atom stereocenters. The van der Waals surface area contributed by atoms with E-state index in [1.165, 1.54) is 4.90 Å². The molecule has 4 rings (SSSR count). The third-order valence-electron chi connectivity index (χ3n) is 7.26. The van der Waals surface area contributed by atoms with E-state index in [-0.39, 0.29) is 18.5 Å². The molecule has 3 aromatic carbocycles. The zero-order valence-electron chi connectivity index (χ0n) is 23.0. The fourth-order valence-electron chi connectivity index (χ4n) is 5.18. The van der Waals surface area contributed by atoms with Crippen molar-refractivity contribution < 1.29 is 18.0 Å². The normalized spacial score (nSPS) is 14.7. The van der Waals surface area contributed by atoms with Crippen LogP contribution in [0.2, 0.25) is 0 Å². The Morgan fingerprint density at radius 3 is 2.22 bits per heavy atom. The van der Waals surface area contributed by atoms with Crippen molar-refractivity contribution in [1.82, 2.24) is 10.2 Å². The Balaban J connectivity index is 1.73. The van der Waals surface area contributed by atoms with E-state index < -0.39 is 28.5 Å². The lowest BCUT2D eigenvalue weighted by Gasteiger charge is -2.35. The quantitative estimate of drug-likeness (QED) is 0.263. The maximum absolute atomic E-state index is 14.2. The molecule has 1 saturated carbocycles. The zero-order chi connectivity index (χ0) is 29.4. The number of rotatable bonds is 11. The first kappa shape index (κ1) is 31.3. The average Bonchev–Trinajstić information content (AvgIpc) is 2.94. The first-order valence-electron chi connectivity index (χ1n) is 13.7. The number of carbonyl (C=O) groups excluding carboxylic acids is 2. The number of nitrogens with zero attached hydrogens (tertiary/aromatic N) is 2. The van der Waals surface area contributed by atoms with Crippen LogP contribution < -0.4 is 9.62 Å². The first-order chi connectivity index (χ1) is 19.6. The van der Waals surface area contributed by atoms with Crippen LogP contribution in [0.5, 0.6) is 0 Å². The molecule has 0 saturated heterocycles. The van der Waals surface area contributed by atoms with Gasteiger partial charge in [-0.3, -0.25) is 13.9 Å². The van der Waals surface area contributed by atoms with Gasteiger partial charge >= 0.3 is 0 Å². The van der Waals surface area contributed by atoms with Crippen LogP contribution in [-0.4, -0.2) is 50.0 Å². The van der Waals surface area contributed by atoms with E-state index in [1.54, 1.807) is 24.3 Å². The minimum atomic E-state index is -3.83. The summed E-state index contributed by atoms with van der Waals surface area (Å²) in [5, 5.41) is 3.21. The van der Waals surface area contributed by atoms with Crippen molar-refractivity contribution in [3.05, 3.63) is 98.9 Å².